The molecule has 0 saturated carbocycles. The lowest BCUT2D eigenvalue weighted by molar-refractivity contribution is -0.802. The molecule has 14 heavy (non-hydrogen) atoms. The number of hydrogen-bond acceptors (Lipinski definition) is 3. The average Bonchev–Trinajstić information content (AvgIpc) is 2.63. The molecule has 0 unspecified atom stereocenters. The maximum Gasteiger partial charge on any atom is 0.291 e. The highest BCUT2D eigenvalue weighted by molar-refractivity contribution is 5.38. The number of nitrogens with zero attached hydrogens (tertiary/aromatic N) is 2. The summed E-state index contributed by atoms with van der Waals surface area (Å²) in [6.45, 7) is 0. The van der Waals surface area contributed by atoms with Crippen molar-refractivity contribution in [2.24, 2.45) is 0 Å². The largest absolute Gasteiger partial charge is 0.360 e. The molecule has 0 bridgehead atoms. The molecule has 4 heteroatoms. The molecule has 2 aromatic rings. The van der Waals surface area contributed by atoms with Gasteiger partial charge in [0.15, 0.2) is 6.20 Å². The lowest BCUT2D eigenvalue weighted by Gasteiger charge is -1.83. The highest BCUT2D eigenvalue weighted by Crippen LogP contribution is 1.95. The van der Waals surface area contributed by atoms with E-state index in [1.54, 1.807) is 0 Å². The number of benzene rings is 1. The molecule has 68 valence electrons. The van der Waals surface area contributed by atoms with Crippen LogP contribution in [-0.4, -0.2) is 5.16 Å². The first-order valence-corrected chi connectivity index (χ1v) is 3.98. The van der Waals surface area contributed by atoms with Crippen LogP contribution in [-0.2, 0) is 0 Å². The third-order valence-electron chi connectivity index (χ3n) is 1.56. The maximum absolute atomic E-state index is 10.5. The second-order valence-electron chi connectivity index (χ2n) is 2.59. The van der Waals surface area contributed by atoms with E-state index in [-0.39, 0.29) is 4.90 Å². The first kappa shape index (κ1) is 8.32. The topological polar surface area (TPSA) is 53.0 Å². The molecule has 0 aliphatic rings. The van der Waals surface area contributed by atoms with Crippen molar-refractivity contribution >= 4 is 0 Å². The Morgan fingerprint density at radius 3 is 2.64 bits per heavy atom. The van der Waals surface area contributed by atoms with Gasteiger partial charge in [-0.3, -0.25) is 4.63 Å². The van der Waals surface area contributed by atoms with Gasteiger partial charge in [0.1, 0.15) is 0 Å². The molecule has 0 radical (unpaired) electrons. The molecule has 0 amide bonds. The van der Waals surface area contributed by atoms with Crippen molar-refractivity contribution in [2.45, 2.75) is 0 Å². The fourth-order valence-corrected chi connectivity index (χ4v) is 0.944. The molecule has 0 N–H and O–H groups in total. The molecular formula is C10H6N2O2. The summed E-state index contributed by atoms with van der Waals surface area (Å²) in [7, 11) is 0. The summed E-state index contributed by atoms with van der Waals surface area (Å²) in [4.78, 5) is 0.259. The van der Waals surface area contributed by atoms with Gasteiger partial charge in [-0.2, -0.15) is 0 Å². The normalized spacial score (nSPS) is 9.14. The van der Waals surface area contributed by atoms with E-state index in [1.165, 1.54) is 6.20 Å². The summed E-state index contributed by atoms with van der Waals surface area (Å²) in [5, 5.41) is 14.0. The van der Waals surface area contributed by atoms with E-state index in [4.69, 9.17) is 0 Å². The van der Waals surface area contributed by atoms with E-state index in [1.807, 2.05) is 30.3 Å². The van der Waals surface area contributed by atoms with E-state index in [2.05, 4.69) is 21.6 Å². The van der Waals surface area contributed by atoms with Gasteiger partial charge in [0.25, 0.3) is 5.69 Å². The fraction of sp³-hybridized carbons (Fsp3) is 0. The summed E-state index contributed by atoms with van der Waals surface area (Å²) in [5.74, 6) is 5.56. The summed E-state index contributed by atoms with van der Waals surface area (Å²) in [6, 6.07) is 9.44. The Labute approximate surface area is 80.3 Å². The summed E-state index contributed by atoms with van der Waals surface area (Å²) < 4.78 is 4.26. The quantitative estimate of drug-likeness (QED) is 0.449. The van der Waals surface area contributed by atoms with Crippen LogP contribution in [0.1, 0.15) is 11.3 Å². The van der Waals surface area contributed by atoms with E-state index >= 15 is 0 Å². The van der Waals surface area contributed by atoms with Crippen LogP contribution >= 0.6 is 0 Å². The maximum atomic E-state index is 10.5. The van der Waals surface area contributed by atoms with Gasteiger partial charge in [-0.15, -0.1) is 0 Å². The Morgan fingerprint density at radius 2 is 2.00 bits per heavy atom. The monoisotopic (exact) mass is 186 g/mol. The second-order valence-corrected chi connectivity index (χ2v) is 2.59. The zero-order chi connectivity index (χ0) is 9.80. The molecular weight excluding hydrogens is 180 g/mol. The Balaban J connectivity index is 2.23. The smallest absolute Gasteiger partial charge is 0.291 e. The van der Waals surface area contributed by atoms with Crippen LogP contribution in [0.15, 0.2) is 41.2 Å². The molecule has 0 aliphatic carbocycles. The van der Waals surface area contributed by atoms with Crippen LogP contribution in [0, 0.1) is 17.0 Å². The van der Waals surface area contributed by atoms with Crippen molar-refractivity contribution < 1.29 is 9.53 Å². The number of rotatable bonds is 0. The molecule has 4 nitrogen and oxygen atoms in total. The lowest BCUT2D eigenvalue weighted by atomic mass is 10.2. The lowest BCUT2D eigenvalue weighted by Crippen LogP contribution is -2.20. The van der Waals surface area contributed by atoms with Crippen LogP contribution in [0.2, 0.25) is 0 Å². The van der Waals surface area contributed by atoms with Crippen molar-refractivity contribution in [3.8, 4) is 11.8 Å². The van der Waals surface area contributed by atoms with E-state index in [9.17, 15) is 5.21 Å². The molecule has 0 spiro atoms. The van der Waals surface area contributed by atoms with Crippen molar-refractivity contribution in [3.05, 3.63) is 53.0 Å². The highest BCUT2D eigenvalue weighted by atomic mass is 16.8. The van der Waals surface area contributed by atoms with Crippen LogP contribution < -0.4 is 4.90 Å². The Morgan fingerprint density at radius 1 is 1.21 bits per heavy atom. The minimum atomic E-state index is 0.259. The van der Waals surface area contributed by atoms with Gasteiger partial charge in [-0.1, -0.05) is 24.1 Å². The fourth-order valence-electron chi connectivity index (χ4n) is 0.944. The number of aromatic nitrogens is 2. The van der Waals surface area contributed by atoms with Crippen molar-refractivity contribution in [3.63, 3.8) is 0 Å². The number of hydrogen-bond donors (Lipinski definition) is 0. The second kappa shape index (κ2) is 3.62. The Hall–Kier alpha value is -2.28. The zero-order valence-corrected chi connectivity index (χ0v) is 7.18. The summed E-state index contributed by atoms with van der Waals surface area (Å²) in [6.07, 6.45) is 1.18. The van der Waals surface area contributed by atoms with Crippen LogP contribution in [0.3, 0.4) is 0 Å². The van der Waals surface area contributed by atoms with Gasteiger partial charge in [-0.25, -0.2) is 0 Å². The molecule has 1 aromatic heterocycles. The Kier molecular flexibility index (Phi) is 2.15. The summed E-state index contributed by atoms with van der Waals surface area (Å²) >= 11 is 0. The van der Waals surface area contributed by atoms with Gasteiger partial charge in [0, 0.05) is 5.56 Å². The molecule has 0 fully saturated rings. The van der Waals surface area contributed by atoms with E-state index < -0.39 is 0 Å². The van der Waals surface area contributed by atoms with Crippen LogP contribution in [0.4, 0.5) is 0 Å². The van der Waals surface area contributed by atoms with Crippen molar-refractivity contribution in [1.29, 1.82) is 0 Å². The van der Waals surface area contributed by atoms with Crippen molar-refractivity contribution in [2.75, 3.05) is 0 Å². The SMILES string of the molecule is [O-][n+]1cc(C#Cc2ccccc2)no1. The van der Waals surface area contributed by atoms with Crippen LogP contribution in [0.5, 0.6) is 0 Å². The van der Waals surface area contributed by atoms with Gasteiger partial charge in [-0.05, 0) is 23.0 Å². The molecule has 2 rings (SSSR count). The standard InChI is InChI=1S/C10H6N2O2/c13-12-8-10(11-14-12)7-6-9-4-2-1-3-5-9/h1-5,8H. The predicted octanol–water partition coefficient (Wildman–Crippen LogP) is 0.708. The first-order chi connectivity index (χ1) is 6.84. The van der Waals surface area contributed by atoms with Gasteiger partial charge in [0.2, 0.25) is 0 Å². The molecule has 0 aliphatic heterocycles. The molecule has 0 atom stereocenters. The molecule has 1 heterocycles. The van der Waals surface area contributed by atoms with Crippen molar-refractivity contribution in [1.82, 2.24) is 5.16 Å². The highest BCUT2D eigenvalue weighted by Gasteiger charge is 1.99. The molecule has 1 aromatic carbocycles. The summed E-state index contributed by atoms with van der Waals surface area (Å²) in [5.41, 5.74) is 1.19. The minimum absolute atomic E-state index is 0.259. The van der Waals surface area contributed by atoms with E-state index in [0.29, 0.717) is 5.69 Å². The van der Waals surface area contributed by atoms with Gasteiger partial charge in [0.05, 0.1) is 5.16 Å². The average molecular weight is 186 g/mol. The Bertz CT molecular complexity index is 480. The first-order valence-electron chi connectivity index (χ1n) is 3.98. The van der Waals surface area contributed by atoms with Gasteiger partial charge >= 0.3 is 0 Å². The van der Waals surface area contributed by atoms with Crippen LogP contribution in [0.25, 0.3) is 0 Å². The minimum Gasteiger partial charge on any atom is -0.360 e. The van der Waals surface area contributed by atoms with E-state index in [0.717, 1.165) is 5.56 Å². The predicted molar refractivity (Wildman–Crippen MR) is 47.9 cm³/mol. The van der Waals surface area contributed by atoms with Gasteiger partial charge < -0.3 is 5.21 Å². The third-order valence-corrected chi connectivity index (χ3v) is 1.56. The zero-order valence-electron chi connectivity index (χ0n) is 7.18. The molecule has 0 saturated heterocycles. The third kappa shape index (κ3) is 1.90.